The molecule has 4 aromatic heterocycles. The Labute approximate surface area is 373 Å². The predicted octanol–water partition coefficient (Wildman–Crippen LogP) is 9.27. The van der Waals surface area contributed by atoms with Gasteiger partial charge < -0.3 is 54.0 Å². The highest BCUT2D eigenvalue weighted by Gasteiger charge is 2.04. The molecule has 0 atom stereocenters. The van der Waals surface area contributed by atoms with E-state index in [9.17, 15) is 14.4 Å². The van der Waals surface area contributed by atoms with Crippen molar-refractivity contribution in [3.63, 3.8) is 0 Å². The largest absolute Gasteiger partial charge is 0.478 e. The van der Waals surface area contributed by atoms with Crippen molar-refractivity contribution in [3.05, 3.63) is 151 Å². The summed E-state index contributed by atoms with van der Waals surface area (Å²) < 4.78 is 0. The number of anilines is 3. The monoisotopic (exact) mass is 881 g/mol. The maximum absolute atomic E-state index is 10.4. The van der Waals surface area contributed by atoms with Crippen LogP contribution in [0.3, 0.4) is 0 Å². The van der Waals surface area contributed by atoms with Gasteiger partial charge in [-0.05, 0) is 79.7 Å². The van der Waals surface area contributed by atoms with Crippen LogP contribution in [0.15, 0.2) is 139 Å². The average molecular weight is 881 g/mol. The van der Waals surface area contributed by atoms with Crippen LogP contribution in [0.4, 0.5) is 17.3 Å². The lowest BCUT2D eigenvalue weighted by Gasteiger charge is -1.95. The van der Waals surface area contributed by atoms with E-state index in [1.54, 1.807) is 54.9 Å². The van der Waals surface area contributed by atoms with Crippen molar-refractivity contribution in [1.82, 2.24) is 24.9 Å². The predicted molar refractivity (Wildman–Crippen MR) is 259 cm³/mol. The Kier molecular flexibility index (Phi) is 50.6. The van der Waals surface area contributed by atoms with Crippen molar-refractivity contribution < 1.29 is 29.7 Å². The van der Waals surface area contributed by atoms with Crippen LogP contribution in [0.2, 0.25) is 0 Å². The molecule has 0 spiro atoms. The van der Waals surface area contributed by atoms with Gasteiger partial charge >= 0.3 is 17.9 Å². The molecule has 0 aliphatic heterocycles. The van der Waals surface area contributed by atoms with Crippen LogP contribution >= 0.6 is 12.6 Å². The molecule has 0 aliphatic carbocycles. The summed E-state index contributed by atoms with van der Waals surface area (Å²) in [6, 6.07) is 30.2. The summed E-state index contributed by atoms with van der Waals surface area (Å²) in [5.74, 6) is -1.62. The third-order valence-electron chi connectivity index (χ3n) is 5.41. The van der Waals surface area contributed by atoms with Gasteiger partial charge in [0.1, 0.15) is 23.0 Å². The molecule has 15 N–H and O–H groups in total. The summed E-state index contributed by atoms with van der Waals surface area (Å²) in [7, 11) is 0. The number of hydrogen-bond acceptors (Lipinski definition) is 12. The number of carbonyl (C=O) groups is 3. The number of thiol groups is 1. The number of imidazole rings is 1. The van der Waals surface area contributed by atoms with E-state index < -0.39 is 17.9 Å². The van der Waals surface area contributed by atoms with Crippen molar-refractivity contribution in [2.24, 2.45) is 11.5 Å². The van der Waals surface area contributed by atoms with Gasteiger partial charge in [-0.3, -0.25) is 0 Å². The third kappa shape index (κ3) is 46.0. The number of nitrogens with one attached hydrogen (secondary N) is 2. The highest BCUT2D eigenvalue weighted by molar-refractivity contribution is 7.80. The first kappa shape index (κ1) is 64.5. The average Bonchev–Trinajstić information content (AvgIpc) is 4.01. The molecule has 344 valence electrons. The van der Waals surface area contributed by atoms with Crippen molar-refractivity contribution in [3.8, 4) is 0 Å². The number of nitrogens with zero attached hydrogens (tertiary/aromatic N) is 3. The number of hydrogen-bond donors (Lipinski definition) is 11. The first-order valence-electron chi connectivity index (χ1n) is 19.8. The lowest BCUT2D eigenvalue weighted by Crippen LogP contribution is -2.06. The number of H-pyrrole nitrogens is 2. The number of aromatic amines is 2. The fourth-order valence-corrected chi connectivity index (χ4v) is 3.15. The first-order valence-corrected chi connectivity index (χ1v) is 20.3. The number of aromatic carboxylic acids is 3. The Morgan fingerprint density at radius 2 is 1.19 bits per heavy atom. The zero-order valence-electron chi connectivity index (χ0n) is 37.6. The van der Waals surface area contributed by atoms with Gasteiger partial charge in [0.05, 0.1) is 18.1 Å². The van der Waals surface area contributed by atoms with E-state index in [1.165, 1.54) is 43.7 Å². The Bertz CT molecular complexity index is 1760. The quantitative estimate of drug-likeness (QED) is 0.0568. The highest BCUT2D eigenvalue weighted by Crippen LogP contribution is 2.11. The van der Waals surface area contributed by atoms with Crippen LogP contribution in [-0.2, 0) is 0 Å². The van der Waals surface area contributed by atoms with Crippen LogP contribution in [-0.4, -0.2) is 70.7 Å². The minimum atomic E-state index is -0.990. The Morgan fingerprint density at radius 3 is 1.40 bits per heavy atom. The second-order valence-corrected chi connectivity index (χ2v) is 11.3. The SMILES string of the molecule is CC.CC.CC.CC(C)N.CCCCN.Nc1ccc[nH]1.Nc1ccccc1.Nc1ccccn1.O=C(O)c1ccccc1S.O=C(O)c1ccccn1.O=C(O)c1cnc[nH]1. The van der Waals surface area contributed by atoms with Crippen molar-refractivity contribution in [1.29, 1.82) is 0 Å². The first-order chi connectivity index (χ1) is 29.7. The van der Waals surface area contributed by atoms with Crippen LogP contribution in [0.25, 0.3) is 0 Å². The van der Waals surface area contributed by atoms with Crippen LogP contribution < -0.4 is 28.7 Å². The zero-order chi connectivity index (χ0) is 48.6. The summed E-state index contributed by atoms with van der Waals surface area (Å²) in [6.07, 6.45) is 9.86. The molecular weight excluding hydrogens is 809 g/mol. The van der Waals surface area contributed by atoms with Gasteiger partial charge in [-0.25, -0.2) is 29.3 Å². The van der Waals surface area contributed by atoms with Gasteiger partial charge in [-0.2, -0.15) is 0 Å². The Morgan fingerprint density at radius 1 is 0.677 bits per heavy atom. The van der Waals surface area contributed by atoms with Crippen molar-refractivity contribution in [2.45, 2.75) is 86.1 Å². The van der Waals surface area contributed by atoms with Crippen molar-refractivity contribution in [2.75, 3.05) is 23.7 Å². The fraction of sp³-hybridized carbons (Fsp3) is 0.289. The van der Waals surface area contributed by atoms with Gasteiger partial charge in [-0.15, -0.1) is 12.6 Å². The van der Waals surface area contributed by atoms with E-state index in [-0.39, 0.29) is 17.0 Å². The number of unbranched alkanes of at least 4 members (excludes halogenated alkanes) is 1. The smallest absolute Gasteiger partial charge is 0.354 e. The molecule has 6 rings (SSSR count). The molecular formula is C45H72N10O6S. The number of pyridine rings is 2. The molecule has 0 radical (unpaired) electrons. The van der Waals surface area contributed by atoms with E-state index in [0.717, 1.165) is 18.1 Å². The van der Waals surface area contributed by atoms with E-state index >= 15 is 0 Å². The number of nitrogens with two attached hydrogens (primary N) is 5. The molecule has 0 amide bonds. The Hall–Kier alpha value is -6.69. The normalized spacial score (nSPS) is 8.27. The maximum atomic E-state index is 10.4. The molecule has 6 aromatic rings. The second-order valence-electron chi connectivity index (χ2n) is 10.8. The molecule has 62 heavy (non-hydrogen) atoms. The van der Waals surface area contributed by atoms with E-state index in [2.05, 4.69) is 44.5 Å². The van der Waals surface area contributed by atoms with Gasteiger partial charge in [0.2, 0.25) is 0 Å². The molecule has 0 bridgehead atoms. The summed E-state index contributed by atoms with van der Waals surface area (Å²) in [5, 5.41) is 25.0. The van der Waals surface area contributed by atoms with Gasteiger partial charge in [0, 0.05) is 29.2 Å². The summed E-state index contributed by atoms with van der Waals surface area (Å²) >= 11 is 3.96. The molecule has 0 unspecified atom stereocenters. The highest BCUT2D eigenvalue weighted by atomic mass is 32.1. The van der Waals surface area contributed by atoms with Gasteiger partial charge in [-0.1, -0.05) is 111 Å². The lowest BCUT2D eigenvalue weighted by atomic mass is 10.2. The van der Waals surface area contributed by atoms with Crippen LogP contribution in [0.1, 0.15) is 106 Å². The molecule has 0 saturated heterocycles. The number of aromatic nitrogens is 5. The molecule has 0 aliphatic rings. The summed E-state index contributed by atoms with van der Waals surface area (Å²) in [5.41, 5.74) is 27.3. The standard InChI is InChI=1S/C7H6O2S.C6H5NO2.C6H7N.C5H6N2.C4H4N2O2.C4H6N2.C4H11N.C3H9N.3C2H6/c8-7(9)5-3-1-2-4-6(5)10;8-6(9)5-3-1-2-4-7-5;7-6-4-2-1-3-5-6;6-5-3-1-2-4-7-5;7-4(8)3-1-5-2-6-3;5-4-2-1-3-6-4;1-2-3-4-5;1-3(2)4;3*1-2/h1-4,10H,(H,8,9);1-4H,(H,8,9);1-5H,7H2;1-4H,(H2,6,7);1-2H,(H,5,6)(H,7,8);1-3,6H,5H2;2-5H2,1H3;3H,4H2,1-2H3;3*1-2H3. The minimum absolute atomic E-state index is 0.0810. The number of benzene rings is 2. The number of carboxylic acid groups (broad SMARTS) is 3. The van der Waals surface area contributed by atoms with Gasteiger partial charge in [0.15, 0.2) is 0 Å². The number of rotatable bonds is 5. The van der Waals surface area contributed by atoms with E-state index in [4.69, 9.17) is 44.0 Å². The van der Waals surface area contributed by atoms with E-state index in [1.807, 2.05) is 104 Å². The third-order valence-corrected chi connectivity index (χ3v) is 5.80. The zero-order valence-corrected chi connectivity index (χ0v) is 38.5. The number of nitrogen functional groups attached to an aromatic ring is 3. The van der Waals surface area contributed by atoms with Crippen LogP contribution in [0, 0.1) is 0 Å². The molecule has 0 fully saturated rings. The molecule has 0 saturated carbocycles. The van der Waals surface area contributed by atoms with E-state index in [0.29, 0.717) is 16.8 Å². The molecule has 4 heterocycles. The maximum Gasteiger partial charge on any atom is 0.354 e. The van der Waals surface area contributed by atoms with Crippen molar-refractivity contribution >= 4 is 47.9 Å². The minimum Gasteiger partial charge on any atom is -0.478 e. The molecule has 2 aromatic carbocycles. The van der Waals surface area contributed by atoms with Gasteiger partial charge in [0.25, 0.3) is 0 Å². The van der Waals surface area contributed by atoms with Crippen LogP contribution in [0.5, 0.6) is 0 Å². The molecule has 16 nitrogen and oxygen atoms in total. The second kappa shape index (κ2) is 48.7. The number of carboxylic acids is 3. The fourth-order valence-electron chi connectivity index (χ4n) is 2.89. The lowest BCUT2D eigenvalue weighted by molar-refractivity contribution is 0.0680. The number of para-hydroxylation sites is 1. The topological polar surface area (TPSA) is 312 Å². The summed E-state index contributed by atoms with van der Waals surface area (Å²) in [6.45, 7) is 18.9. The summed E-state index contributed by atoms with van der Waals surface area (Å²) in [4.78, 5) is 47.0. The Balaban J connectivity index is -0.000000198. The molecule has 17 heteroatoms.